The van der Waals surface area contributed by atoms with Crippen molar-refractivity contribution in [3.8, 4) is 36.2 Å². The maximum Gasteiger partial charge on any atom is 0.275 e. The topological polar surface area (TPSA) is 59.9 Å². The summed E-state index contributed by atoms with van der Waals surface area (Å²) in [5.41, 5.74) is 2.38. The van der Waals surface area contributed by atoms with Crippen LogP contribution in [-0.2, 0) is 4.79 Å². The Kier molecular flexibility index (Phi) is 4.69. The van der Waals surface area contributed by atoms with E-state index in [9.17, 15) is 4.79 Å². The fourth-order valence-electron chi connectivity index (χ4n) is 2.38. The summed E-state index contributed by atoms with van der Waals surface area (Å²) in [5, 5.41) is 2.78. The van der Waals surface area contributed by atoms with Gasteiger partial charge in [0.05, 0.1) is 11.4 Å². The molecule has 2 aromatic rings. The summed E-state index contributed by atoms with van der Waals surface area (Å²) in [6, 6.07) is 12.4. The Morgan fingerprint density at radius 3 is 2.48 bits per heavy atom. The number of carbonyl (C=O) groups excluding carboxylic acids is 1. The molecule has 122 valence electrons. The molecule has 2 aromatic carbocycles. The summed E-state index contributed by atoms with van der Waals surface area (Å²) in [4.78, 5) is 16.6. The van der Waals surface area contributed by atoms with E-state index in [1.54, 1.807) is 18.2 Å². The first-order valence-corrected chi connectivity index (χ1v) is 7.49. The summed E-state index contributed by atoms with van der Waals surface area (Å²) in [5.74, 6) is 5.42. The molecular weight excluding hydrogens is 316 g/mol. The van der Waals surface area contributed by atoms with Crippen LogP contribution in [0.2, 0.25) is 0 Å². The van der Waals surface area contributed by atoms with Crippen LogP contribution in [0.5, 0.6) is 11.5 Å². The molecule has 0 fully saturated rings. The molecule has 25 heavy (non-hydrogen) atoms. The second kappa shape index (κ2) is 7.25. The molecule has 0 saturated carbocycles. The van der Waals surface area contributed by atoms with E-state index in [2.05, 4.69) is 22.2 Å². The van der Waals surface area contributed by atoms with Crippen molar-refractivity contribution in [1.82, 2.24) is 0 Å². The van der Waals surface area contributed by atoms with Gasteiger partial charge in [-0.1, -0.05) is 30.0 Å². The Morgan fingerprint density at radius 2 is 1.72 bits per heavy atom. The third-order valence-electron chi connectivity index (χ3n) is 3.44. The average molecular weight is 330 g/mol. The standard InChI is InChI=1S/C20H14N2O3/c1-3-11-24-17-10-9-14(13-18(17)25-12-4-2)21-19-15-7-5-6-8-16(15)22-20(19)23/h1-2,5-10,13H,11-12H2,(H,21,22,23). The predicted octanol–water partition coefficient (Wildman–Crippen LogP) is 2.78. The Bertz CT molecular complexity index is 933. The molecule has 1 aliphatic heterocycles. The lowest BCUT2D eigenvalue weighted by Crippen LogP contribution is -2.13. The molecule has 0 atom stereocenters. The van der Waals surface area contributed by atoms with Gasteiger partial charge >= 0.3 is 0 Å². The second-order valence-electron chi connectivity index (χ2n) is 5.08. The summed E-state index contributed by atoms with van der Waals surface area (Å²) < 4.78 is 10.9. The molecule has 0 aliphatic carbocycles. The minimum absolute atomic E-state index is 0.0791. The highest BCUT2D eigenvalue weighted by Crippen LogP contribution is 2.33. The van der Waals surface area contributed by atoms with Gasteiger partial charge in [0.25, 0.3) is 5.91 Å². The molecule has 1 heterocycles. The molecule has 0 aromatic heterocycles. The van der Waals surface area contributed by atoms with Crippen molar-refractivity contribution in [1.29, 1.82) is 0 Å². The van der Waals surface area contributed by atoms with Gasteiger partial charge in [0.15, 0.2) is 11.5 Å². The van der Waals surface area contributed by atoms with Gasteiger partial charge in [-0.25, -0.2) is 4.99 Å². The Hall–Kier alpha value is -3.70. The van der Waals surface area contributed by atoms with E-state index in [4.69, 9.17) is 22.3 Å². The van der Waals surface area contributed by atoms with Crippen molar-refractivity contribution in [2.24, 2.45) is 4.99 Å². The molecule has 5 heteroatoms. The van der Waals surface area contributed by atoms with Crippen molar-refractivity contribution < 1.29 is 14.3 Å². The quantitative estimate of drug-likeness (QED) is 0.858. The van der Waals surface area contributed by atoms with Crippen LogP contribution in [0, 0.1) is 24.7 Å². The van der Waals surface area contributed by atoms with Crippen LogP contribution >= 0.6 is 0 Å². The number of fused-ring (bicyclic) bond motifs is 1. The van der Waals surface area contributed by atoms with Crippen molar-refractivity contribution >= 4 is 23.0 Å². The lowest BCUT2D eigenvalue weighted by Gasteiger charge is -2.10. The molecule has 0 spiro atoms. The van der Waals surface area contributed by atoms with Crippen LogP contribution in [0.25, 0.3) is 0 Å². The first kappa shape index (κ1) is 16.2. The zero-order chi connectivity index (χ0) is 17.6. The number of nitrogens with zero attached hydrogens (tertiary/aromatic N) is 1. The van der Waals surface area contributed by atoms with Crippen molar-refractivity contribution in [3.63, 3.8) is 0 Å². The number of benzene rings is 2. The van der Waals surface area contributed by atoms with Crippen molar-refractivity contribution in [3.05, 3.63) is 48.0 Å². The molecule has 1 aliphatic rings. The van der Waals surface area contributed by atoms with Gasteiger partial charge in [-0.2, -0.15) is 0 Å². The average Bonchev–Trinajstić information content (AvgIpc) is 2.94. The molecule has 0 saturated heterocycles. The van der Waals surface area contributed by atoms with E-state index in [-0.39, 0.29) is 19.1 Å². The Labute approximate surface area is 145 Å². The SMILES string of the molecule is C#CCOc1ccc(N=C2C(=O)Nc3ccccc32)cc1OCC#C. The van der Waals surface area contributed by atoms with Gasteiger partial charge in [0, 0.05) is 11.6 Å². The molecule has 1 N–H and O–H groups in total. The smallest absolute Gasteiger partial charge is 0.275 e. The number of nitrogens with one attached hydrogen (secondary N) is 1. The van der Waals surface area contributed by atoms with Crippen LogP contribution in [0.1, 0.15) is 5.56 Å². The minimum Gasteiger partial charge on any atom is -0.477 e. The molecule has 3 rings (SSSR count). The summed E-state index contributed by atoms with van der Waals surface area (Å²) in [6.07, 6.45) is 10.5. The Balaban J connectivity index is 1.96. The monoisotopic (exact) mass is 330 g/mol. The van der Waals surface area contributed by atoms with E-state index >= 15 is 0 Å². The van der Waals surface area contributed by atoms with Crippen LogP contribution in [0.4, 0.5) is 11.4 Å². The number of anilines is 1. The molecule has 0 bridgehead atoms. The van der Waals surface area contributed by atoms with Gasteiger partial charge in [0.1, 0.15) is 18.9 Å². The Morgan fingerprint density at radius 1 is 1.00 bits per heavy atom. The molecule has 0 unspecified atom stereocenters. The van der Waals surface area contributed by atoms with Crippen molar-refractivity contribution in [2.75, 3.05) is 18.5 Å². The van der Waals surface area contributed by atoms with Crippen molar-refractivity contribution in [2.45, 2.75) is 0 Å². The van der Waals surface area contributed by atoms with Crippen LogP contribution in [-0.4, -0.2) is 24.8 Å². The molecule has 1 amide bonds. The number of para-hydroxylation sites is 1. The van der Waals surface area contributed by atoms with Gasteiger partial charge < -0.3 is 14.8 Å². The largest absolute Gasteiger partial charge is 0.477 e. The van der Waals surface area contributed by atoms with E-state index in [0.717, 1.165) is 11.3 Å². The zero-order valence-corrected chi connectivity index (χ0v) is 13.3. The van der Waals surface area contributed by atoms with Crippen LogP contribution in [0.15, 0.2) is 47.5 Å². The second-order valence-corrected chi connectivity index (χ2v) is 5.08. The maximum atomic E-state index is 12.2. The van der Waals surface area contributed by atoms with E-state index in [0.29, 0.717) is 22.9 Å². The fraction of sp³-hybridized carbons (Fsp3) is 0.100. The summed E-state index contributed by atoms with van der Waals surface area (Å²) >= 11 is 0. The zero-order valence-electron chi connectivity index (χ0n) is 13.3. The van der Waals surface area contributed by atoms with E-state index in [1.165, 1.54) is 0 Å². The van der Waals surface area contributed by atoms with Gasteiger partial charge in [0.2, 0.25) is 0 Å². The van der Waals surface area contributed by atoms with Gasteiger partial charge in [-0.05, 0) is 18.2 Å². The fourth-order valence-corrected chi connectivity index (χ4v) is 2.38. The lowest BCUT2D eigenvalue weighted by molar-refractivity contribution is -0.110. The number of ether oxygens (including phenoxy) is 2. The van der Waals surface area contributed by atoms with Crippen LogP contribution < -0.4 is 14.8 Å². The third-order valence-corrected chi connectivity index (χ3v) is 3.44. The number of aliphatic imine (C=N–C) groups is 1. The summed E-state index contributed by atoms with van der Waals surface area (Å²) in [7, 11) is 0. The highest BCUT2D eigenvalue weighted by atomic mass is 16.5. The highest BCUT2D eigenvalue weighted by Gasteiger charge is 2.25. The van der Waals surface area contributed by atoms with E-state index in [1.807, 2.05) is 24.3 Å². The minimum atomic E-state index is -0.250. The molecular formula is C20H14N2O3. The predicted molar refractivity (Wildman–Crippen MR) is 96.4 cm³/mol. The number of amides is 1. The number of rotatable bonds is 5. The van der Waals surface area contributed by atoms with Gasteiger partial charge in [-0.3, -0.25) is 4.79 Å². The third kappa shape index (κ3) is 3.46. The number of hydrogen-bond acceptors (Lipinski definition) is 4. The number of carbonyl (C=O) groups is 1. The summed E-state index contributed by atoms with van der Waals surface area (Å²) in [6.45, 7) is 0.186. The number of terminal acetylenes is 2. The van der Waals surface area contributed by atoms with E-state index < -0.39 is 0 Å². The van der Waals surface area contributed by atoms with Gasteiger partial charge in [-0.15, -0.1) is 12.8 Å². The highest BCUT2D eigenvalue weighted by molar-refractivity contribution is 6.54. The molecule has 0 radical (unpaired) electrons. The maximum absolute atomic E-state index is 12.2. The lowest BCUT2D eigenvalue weighted by atomic mass is 10.1. The first-order valence-electron chi connectivity index (χ1n) is 7.49. The number of hydrogen-bond donors (Lipinski definition) is 1. The normalized spacial score (nSPS) is 13.5. The first-order chi connectivity index (χ1) is 12.2. The van der Waals surface area contributed by atoms with Crippen LogP contribution in [0.3, 0.4) is 0 Å². The molecule has 5 nitrogen and oxygen atoms in total.